The molecule has 0 fully saturated rings. The topological polar surface area (TPSA) is 29.1 Å². The van der Waals surface area contributed by atoms with Crippen molar-refractivity contribution in [2.45, 2.75) is 0 Å². The highest BCUT2D eigenvalue weighted by Crippen LogP contribution is 2.19. The highest BCUT2D eigenvalue weighted by atomic mass is 35.5. The number of carbonyl (C=O) groups excluding carboxylic acids is 1. The Bertz CT molecular complexity index is 653. The van der Waals surface area contributed by atoms with Gasteiger partial charge >= 0.3 is 0 Å². The maximum Gasteiger partial charge on any atom is 0.248 e. The van der Waals surface area contributed by atoms with Crippen LogP contribution < -0.4 is 5.32 Å². The van der Waals surface area contributed by atoms with E-state index < -0.39 is 11.7 Å². The molecular weight excluding hydrogens is 284 g/mol. The van der Waals surface area contributed by atoms with E-state index >= 15 is 0 Å². The molecule has 2 aromatic carbocycles. The van der Waals surface area contributed by atoms with Crippen LogP contribution in [-0.4, -0.2) is 5.91 Å². The van der Waals surface area contributed by atoms with Crippen molar-refractivity contribution < 1.29 is 13.6 Å². The fraction of sp³-hybridized carbons (Fsp3) is 0. The average Bonchev–Trinajstić information content (AvgIpc) is 2.42. The van der Waals surface area contributed by atoms with E-state index in [1.807, 2.05) is 0 Å². The maximum absolute atomic E-state index is 12.9. The molecule has 0 unspecified atom stereocenters. The van der Waals surface area contributed by atoms with E-state index in [-0.39, 0.29) is 10.8 Å². The zero-order valence-corrected chi connectivity index (χ0v) is 11.0. The SMILES string of the molecule is O=C(/C=C/c1ccc(F)cc1)Nc1ccc(F)c(Cl)c1. The first kappa shape index (κ1) is 14.2. The summed E-state index contributed by atoms with van der Waals surface area (Å²) in [4.78, 5) is 11.6. The van der Waals surface area contributed by atoms with Crippen molar-refractivity contribution >= 4 is 29.3 Å². The van der Waals surface area contributed by atoms with Crippen LogP contribution in [0.25, 0.3) is 6.08 Å². The third-order valence-corrected chi connectivity index (χ3v) is 2.77. The van der Waals surface area contributed by atoms with Crippen LogP contribution in [0.15, 0.2) is 48.5 Å². The van der Waals surface area contributed by atoms with Crippen molar-refractivity contribution in [3.8, 4) is 0 Å². The molecule has 0 aliphatic carbocycles. The average molecular weight is 294 g/mol. The smallest absolute Gasteiger partial charge is 0.248 e. The molecular formula is C15H10ClF2NO. The van der Waals surface area contributed by atoms with Crippen molar-refractivity contribution in [3.63, 3.8) is 0 Å². The van der Waals surface area contributed by atoms with Crippen LogP contribution in [0.3, 0.4) is 0 Å². The van der Waals surface area contributed by atoms with Gasteiger partial charge in [-0.1, -0.05) is 23.7 Å². The van der Waals surface area contributed by atoms with E-state index in [0.717, 1.165) is 0 Å². The molecule has 2 nitrogen and oxygen atoms in total. The minimum atomic E-state index is -0.550. The van der Waals surface area contributed by atoms with Gasteiger partial charge in [0, 0.05) is 11.8 Å². The third kappa shape index (κ3) is 3.90. The van der Waals surface area contributed by atoms with Crippen LogP contribution >= 0.6 is 11.6 Å². The number of anilines is 1. The molecule has 20 heavy (non-hydrogen) atoms. The van der Waals surface area contributed by atoms with Gasteiger partial charge in [0.15, 0.2) is 0 Å². The molecule has 0 aromatic heterocycles. The minimum Gasteiger partial charge on any atom is -0.322 e. The van der Waals surface area contributed by atoms with Gasteiger partial charge in [-0.2, -0.15) is 0 Å². The number of halogens is 3. The fourth-order valence-electron chi connectivity index (χ4n) is 1.50. The quantitative estimate of drug-likeness (QED) is 0.841. The van der Waals surface area contributed by atoms with Crippen molar-refractivity contribution in [1.82, 2.24) is 0 Å². The van der Waals surface area contributed by atoms with Gasteiger partial charge in [-0.05, 0) is 42.0 Å². The standard InChI is InChI=1S/C15H10ClF2NO/c16-13-9-12(6-7-14(13)18)19-15(20)8-3-10-1-4-11(17)5-2-10/h1-9H,(H,19,20)/b8-3+. The first-order valence-corrected chi connectivity index (χ1v) is 6.12. The van der Waals surface area contributed by atoms with Crippen LogP contribution in [0.4, 0.5) is 14.5 Å². The summed E-state index contributed by atoms with van der Waals surface area (Å²) in [6, 6.07) is 9.60. The molecule has 2 aromatic rings. The van der Waals surface area contributed by atoms with Gasteiger partial charge in [-0.15, -0.1) is 0 Å². The van der Waals surface area contributed by atoms with Gasteiger partial charge in [0.2, 0.25) is 5.91 Å². The van der Waals surface area contributed by atoms with Gasteiger partial charge < -0.3 is 5.32 Å². The molecule has 0 saturated carbocycles. The zero-order chi connectivity index (χ0) is 14.5. The molecule has 1 N–H and O–H groups in total. The Labute approximate surface area is 119 Å². The predicted octanol–water partition coefficient (Wildman–Crippen LogP) is 4.27. The lowest BCUT2D eigenvalue weighted by molar-refractivity contribution is -0.111. The van der Waals surface area contributed by atoms with Crippen LogP contribution in [0.1, 0.15) is 5.56 Å². The Balaban J connectivity index is 2.01. The first-order valence-electron chi connectivity index (χ1n) is 5.74. The highest BCUT2D eigenvalue weighted by molar-refractivity contribution is 6.31. The molecule has 2 rings (SSSR count). The second kappa shape index (κ2) is 6.30. The summed E-state index contributed by atoms with van der Waals surface area (Å²) < 4.78 is 25.6. The number of nitrogens with one attached hydrogen (secondary N) is 1. The summed E-state index contributed by atoms with van der Waals surface area (Å²) in [5.41, 5.74) is 1.09. The molecule has 0 bridgehead atoms. The molecule has 0 saturated heterocycles. The first-order chi connectivity index (χ1) is 9.54. The van der Waals surface area contributed by atoms with Gasteiger partial charge in [0.1, 0.15) is 11.6 Å². The monoisotopic (exact) mass is 293 g/mol. The Hall–Kier alpha value is -2.20. The van der Waals surface area contributed by atoms with Gasteiger partial charge in [0.05, 0.1) is 5.02 Å². The highest BCUT2D eigenvalue weighted by Gasteiger charge is 2.02. The Morgan fingerprint density at radius 1 is 1.10 bits per heavy atom. The molecule has 0 aliphatic heterocycles. The number of rotatable bonds is 3. The molecule has 5 heteroatoms. The minimum absolute atomic E-state index is 0.0645. The summed E-state index contributed by atoms with van der Waals surface area (Å²) in [5.74, 6) is -1.28. The Morgan fingerprint density at radius 2 is 1.80 bits per heavy atom. The third-order valence-electron chi connectivity index (χ3n) is 2.48. The van der Waals surface area contributed by atoms with Crippen molar-refractivity contribution in [2.75, 3.05) is 5.32 Å². The van der Waals surface area contributed by atoms with Crippen LogP contribution in [0.5, 0.6) is 0 Å². The van der Waals surface area contributed by atoms with Crippen molar-refractivity contribution in [3.05, 3.63) is 70.8 Å². The maximum atomic E-state index is 12.9. The molecule has 0 spiro atoms. The van der Waals surface area contributed by atoms with E-state index in [0.29, 0.717) is 11.3 Å². The number of hydrogen-bond donors (Lipinski definition) is 1. The van der Waals surface area contributed by atoms with Gasteiger partial charge in [-0.3, -0.25) is 4.79 Å². The van der Waals surface area contributed by atoms with E-state index in [1.165, 1.54) is 36.4 Å². The molecule has 102 valence electrons. The summed E-state index contributed by atoms with van der Waals surface area (Å²) in [5, 5.41) is 2.48. The van der Waals surface area contributed by atoms with Crippen LogP contribution in [-0.2, 0) is 4.79 Å². The lowest BCUT2D eigenvalue weighted by Crippen LogP contribution is -2.07. The molecule has 0 aliphatic rings. The number of benzene rings is 2. The largest absolute Gasteiger partial charge is 0.322 e. The lowest BCUT2D eigenvalue weighted by Gasteiger charge is -2.03. The summed E-state index contributed by atoms with van der Waals surface area (Å²) >= 11 is 5.61. The van der Waals surface area contributed by atoms with Crippen molar-refractivity contribution in [2.24, 2.45) is 0 Å². The molecule has 0 atom stereocenters. The summed E-state index contributed by atoms with van der Waals surface area (Å²) in [7, 11) is 0. The lowest BCUT2D eigenvalue weighted by atomic mass is 10.2. The Morgan fingerprint density at radius 3 is 2.45 bits per heavy atom. The normalized spacial score (nSPS) is 10.8. The number of hydrogen-bond acceptors (Lipinski definition) is 1. The zero-order valence-electron chi connectivity index (χ0n) is 10.2. The van der Waals surface area contributed by atoms with Crippen LogP contribution in [0, 0.1) is 11.6 Å². The van der Waals surface area contributed by atoms with E-state index in [4.69, 9.17) is 11.6 Å². The van der Waals surface area contributed by atoms with E-state index in [9.17, 15) is 13.6 Å². The number of carbonyl (C=O) groups is 1. The second-order valence-electron chi connectivity index (χ2n) is 4.00. The predicted molar refractivity (Wildman–Crippen MR) is 75.5 cm³/mol. The fourth-order valence-corrected chi connectivity index (χ4v) is 1.68. The van der Waals surface area contributed by atoms with Crippen LogP contribution in [0.2, 0.25) is 5.02 Å². The van der Waals surface area contributed by atoms with Gasteiger partial charge in [-0.25, -0.2) is 8.78 Å². The van der Waals surface area contributed by atoms with Gasteiger partial charge in [0.25, 0.3) is 0 Å². The Kier molecular flexibility index (Phi) is 4.48. The molecule has 1 amide bonds. The summed E-state index contributed by atoms with van der Waals surface area (Å²) in [6.07, 6.45) is 2.84. The number of amides is 1. The second-order valence-corrected chi connectivity index (χ2v) is 4.41. The van der Waals surface area contributed by atoms with Crippen molar-refractivity contribution in [1.29, 1.82) is 0 Å². The van der Waals surface area contributed by atoms with E-state index in [1.54, 1.807) is 18.2 Å². The summed E-state index contributed by atoms with van der Waals surface area (Å²) in [6.45, 7) is 0. The molecule has 0 radical (unpaired) electrons. The van der Waals surface area contributed by atoms with E-state index in [2.05, 4.69) is 5.32 Å². The molecule has 0 heterocycles.